The molecule has 0 radical (unpaired) electrons. The first-order chi connectivity index (χ1) is 45.0. The minimum absolute atomic E-state index is 0.0130. The molecule has 6 heterocycles. The molecule has 35 atom stereocenters. The third-order valence-corrected chi connectivity index (χ3v) is 24.7. The summed E-state index contributed by atoms with van der Waals surface area (Å²) in [4.78, 5) is 28.4. The zero-order valence-electron chi connectivity index (χ0n) is 55.3. The van der Waals surface area contributed by atoms with E-state index < -0.39 is 268 Å². The van der Waals surface area contributed by atoms with E-state index in [0.29, 0.717) is 44.9 Å². The van der Waals surface area contributed by atoms with Crippen molar-refractivity contribution in [3.05, 3.63) is 11.6 Å². The largest absolute Gasteiger partial charge is 0.432 e. The summed E-state index contributed by atoms with van der Waals surface area (Å²) < 4.78 is 70.8. The number of amides is 1. The van der Waals surface area contributed by atoms with Crippen molar-refractivity contribution in [3.8, 4) is 0 Å². The topological polar surface area (TPSA) is 501 Å². The maximum Gasteiger partial charge on any atom is 0.317 e. The molecule has 0 spiro atoms. The molecule has 96 heavy (non-hydrogen) atoms. The van der Waals surface area contributed by atoms with Crippen molar-refractivity contribution in [3.63, 3.8) is 0 Å². The molecule has 32 heteroatoms. The molecule has 11 aliphatic rings. The lowest BCUT2D eigenvalue weighted by Gasteiger charge is -2.72. The van der Waals surface area contributed by atoms with Gasteiger partial charge in [-0.2, -0.15) is 0 Å². The average molecular weight is 1380 g/mol. The van der Waals surface area contributed by atoms with Crippen LogP contribution in [0.15, 0.2) is 11.6 Å². The Bertz CT molecular complexity index is 2770. The second-order valence-electron chi connectivity index (χ2n) is 31.2. The van der Waals surface area contributed by atoms with Crippen LogP contribution in [0.1, 0.15) is 107 Å². The molecule has 5 aliphatic carbocycles. The Labute approximate surface area is 555 Å². The number of carbonyl (C=O) groups is 2. The van der Waals surface area contributed by atoms with Crippen molar-refractivity contribution >= 4 is 11.9 Å². The zero-order chi connectivity index (χ0) is 70.1. The van der Waals surface area contributed by atoms with Gasteiger partial charge in [0.05, 0.1) is 64.6 Å². The molecule has 6 aliphatic heterocycles. The average Bonchev–Trinajstić information content (AvgIpc) is 0.727. The Balaban J connectivity index is 0.811. The summed E-state index contributed by atoms with van der Waals surface area (Å²) in [6.45, 7) is 11.6. The second-order valence-corrected chi connectivity index (χ2v) is 31.2. The highest BCUT2D eigenvalue weighted by atomic mass is 16.8. The van der Waals surface area contributed by atoms with Gasteiger partial charge in [0, 0.05) is 12.3 Å². The van der Waals surface area contributed by atoms with Gasteiger partial charge >= 0.3 is 5.97 Å². The molecule has 6 saturated heterocycles. The number of aliphatic hydroxyl groups is 17. The summed E-state index contributed by atoms with van der Waals surface area (Å²) in [7, 11) is 0. The molecule has 0 aromatic carbocycles. The number of hydrogen-bond acceptors (Lipinski definition) is 31. The van der Waals surface area contributed by atoms with Crippen molar-refractivity contribution in [2.75, 3.05) is 46.2 Å². The van der Waals surface area contributed by atoms with Gasteiger partial charge in [-0.3, -0.25) is 9.59 Å². The van der Waals surface area contributed by atoms with Gasteiger partial charge in [0.2, 0.25) is 12.2 Å². The molecule has 1 amide bonds. The van der Waals surface area contributed by atoms with Gasteiger partial charge in [0.15, 0.2) is 37.6 Å². The van der Waals surface area contributed by atoms with Crippen molar-refractivity contribution in [1.82, 2.24) is 5.32 Å². The summed E-state index contributed by atoms with van der Waals surface area (Å²) in [5.41, 5.74) is -6.69. The first-order valence-electron chi connectivity index (χ1n) is 33.6. The minimum Gasteiger partial charge on any atom is -0.432 e. The van der Waals surface area contributed by atoms with E-state index in [1.165, 1.54) is 6.92 Å². The molecule has 18 N–H and O–H groups in total. The van der Waals surface area contributed by atoms with Gasteiger partial charge in [-0.25, -0.2) is 0 Å². The Kier molecular flexibility index (Phi) is 21.5. The molecule has 32 nitrogen and oxygen atoms in total. The summed E-state index contributed by atoms with van der Waals surface area (Å²) in [5, 5.41) is 192. The summed E-state index contributed by atoms with van der Waals surface area (Å²) in [5.74, 6) is -2.57. The van der Waals surface area contributed by atoms with Gasteiger partial charge in [0.25, 0.3) is 0 Å². The number of aliphatic hydroxyl groups excluding tert-OH is 16. The monoisotopic (exact) mass is 1380 g/mol. The van der Waals surface area contributed by atoms with E-state index in [-0.39, 0.29) is 18.3 Å². The molecule has 4 saturated carbocycles. The molecule has 550 valence electrons. The van der Waals surface area contributed by atoms with Crippen LogP contribution in [0.3, 0.4) is 0 Å². The van der Waals surface area contributed by atoms with Crippen LogP contribution in [0.5, 0.6) is 0 Å². The Morgan fingerprint density at radius 3 is 1.80 bits per heavy atom. The molecular formula is C64H103NO31. The fraction of sp³-hybridized carbons (Fsp3) is 0.938. The highest BCUT2D eigenvalue weighted by Gasteiger charge is 2.75. The smallest absolute Gasteiger partial charge is 0.317 e. The van der Waals surface area contributed by atoms with Gasteiger partial charge in [-0.05, 0) is 90.8 Å². The SMILES string of the molecule is CC(=O)N[C@H]1[C@H](O[C@H]2CC[C@]3(C)[C@H]4CC=C5[C@@H]6CC(C)(C)CC[C@]6(C(=O)O[C@@H]6O[C@H](CO)[C@@H](O)[C@H](O)[C@H]6O[C@@H]6OC[C@@H](O)[C@H](O[C@@H]7OC[C@](O)(CO)[C@H]7O)[C@H]6O)[C@H](O)[C@H](O)[C@@]5(C)[C@]4(C)CC[C@H]3C2(C)C)O[C@H](CO[C@@H]2OC[C@H](O)[C@H](O[C@@H]3OC[C@@H](O)[C@H](O)[C@H]3O)[C@H]2O)[C@@H](O)[C@@H]1O. The van der Waals surface area contributed by atoms with Crippen LogP contribution in [-0.2, 0) is 66.4 Å². The van der Waals surface area contributed by atoms with Crippen molar-refractivity contribution in [1.29, 1.82) is 0 Å². The predicted octanol–water partition coefficient (Wildman–Crippen LogP) is -5.74. The molecule has 10 fully saturated rings. The van der Waals surface area contributed by atoms with E-state index in [4.69, 9.17) is 56.8 Å². The van der Waals surface area contributed by atoms with E-state index in [1.54, 1.807) is 0 Å². The first kappa shape index (κ1) is 74.7. The number of ether oxygens (including phenoxy) is 12. The van der Waals surface area contributed by atoms with Crippen LogP contribution in [-0.4, -0.2) is 316 Å². The summed E-state index contributed by atoms with van der Waals surface area (Å²) in [6, 6.07) is -1.28. The normalized spacial score (nSPS) is 53.2. The molecule has 0 bridgehead atoms. The fourth-order valence-electron chi connectivity index (χ4n) is 18.8. The number of allylic oxidation sites excluding steroid dienone is 1. The van der Waals surface area contributed by atoms with Crippen molar-refractivity contribution in [2.24, 2.45) is 50.2 Å². The minimum atomic E-state index is -2.13. The highest BCUT2D eigenvalue weighted by Crippen LogP contribution is 2.76. The fourth-order valence-corrected chi connectivity index (χ4v) is 18.8. The lowest BCUT2D eigenvalue weighted by molar-refractivity contribution is -0.361. The number of nitrogens with one attached hydrogen (secondary N) is 1. The van der Waals surface area contributed by atoms with E-state index >= 15 is 4.79 Å². The van der Waals surface area contributed by atoms with Crippen molar-refractivity contribution in [2.45, 2.75) is 278 Å². The zero-order valence-corrected chi connectivity index (χ0v) is 55.3. The maximum absolute atomic E-state index is 15.6. The number of fused-ring (bicyclic) bond motifs is 7. The molecule has 0 unspecified atom stereocenters. The van der Waals surface area contributed by atoms with Crippen LogP contribution in [0, 0.1) is 50.2 Å². The van der Waals surface area contributed by atoms with E-state index in [9.17, 15) is 91.6 Å². The van der Waals surface area contributed by atoms with Crippen LogP contribution < -0.4 is 5.32 Å². The standard InChI is InChI=1S/C64H103NO31/c1-25(68)65-36-40(75)39(74)32(22-88-52-43(78)45(29(70)20-85-52)93-53-42(77)37(72)28(69)19-86-53)91-51(36)92-35-12-13-60(6)33(59(35,4)5)11-14-61(7)34(60)10-9-26-27-17-58(2,3)15-16-64(27,49(81)48(80)62(26,61)8)57(83)96-55-47(41(76)38(73)31(18-66)90-55)95-54-44(79)46(30(71)21-87-54)94-56-50(82)63(84,23-67)24-89-56/h9,27-56,66-67,69-82,84H,10-24H2,1-8H3,(H,65,68)/t27-,28+,29-,30+,31+,32+,33-,34+,35-,36+,37-,38+,39+,40+,41-,42+,43+,44+,45-,46-,47+,48-,49+,50-,51-,52-,53-,54-,55-,56-,60-,61+,62-,63+,64+/m0/s1. The number of esters is 1. The third-order valence-electron chi connectivity index (χ3n) is 24.7. The molecule has 0 aromatic rings. The second kappa shape index (κ2) is 27.6. The summed E-state index contributed by atoms with van der Waals surface area (Å²) >= 11 is 0. The number of rotatable bonds is 16. The third kappa shape index (κ3) is 12.6. The molecule has 11 rings (SSSR count). The van der Waals surface area contributed by atoms with E-state index in [0.717, 1.165) is 5.57 Å². The van der Waals surface area contributed by atoms with Crippen molar-refractivity contribution < 1.29 is 153 Å². The lowest BCUT2D eigenvalue weighted by Crippen LogP contribution is -2.73. The Morgan fingerprint density at radius 2 is 1.17 bits per heavy atom. The highest BCUT2D eigenvalue weighted by molar-refractivity contribution is 5.80. The van der Waals surface area contributed by atoms with E-state index in [1.807, 2.05) is 6.92 Å². The van der Waals surface area contributed by atoms with Gasteiger partial charge in [0.1, 0.15) is 115 Å². The predicted molar refractivity (Wildman–Crippen MR) is 318 cm³/mol. The van der Waals surface area contributed by atoms with Crippen LogP contribution in [0.2, 0.25) is 0 Å². The van der Waals surface area contributed by atoms with Crippen LogP contribution in [0.25, 0.3) is 0 Å². The quantitative estimate of drug-likeness (QED) is 0.0389. The Morgan fingerprint density at radius 1 is 0.573 bits per heavy atom. The van der Waals surface area contributed by atoms with E-state index in [2.05, 4.69) is 52.9 Å². The summed E-state index contributed by atoms with van der Waals surface area (Å²) in [6.07, 6.45) is -37.0. The van der Waals surface area contributed by atoms with Crippen LogP contribution in [0.4, 0.5) is 0 Å². The molecular weight excluding hydrogens is 1280 g/mol. The lowest BCUT2D eigenvalue weighted by atomic mass is 9.32. The van der Waals surface area contributed by atoms with Gasteiger partial charge in [-0.15, -0.1) is 0 Å². The van der Waals surface area contributed by atoms with Gasteiger partial charge in [-0.1, -0.05) is 60.1 Å². The molecule has 0 aromatic heterocycles. The number of carbonyl (C=O) groups excluding carboxylic acids is 2. The Hall–Kier alpha value is -2.44. The van der Waals surface area contributed by atoms with Gasteiger partial charge < -0.3 is 149 Å². The maximum atomic E-state index is 15.6. The number of hydrogen-bond donors (Lipinski definition) is 18. The first-order valence-corrected chi connectivity index (χ1v) is 33.6. The van der Waals surface area contributed by atoms with Crippen LogP contribution >= 0.6 is 0 Å².